The van der Waals surface area contributed by atoms with E-state index in [0.29, 0.717) is 11.3 Å². The third kappa shape index (κ3) is 3.22. The van der Waals surface area contributed by atoms with Crippen LogP contribution in [0.1, 0.15) is 27.2 Å². The highest BCUT2D eigenvalue weighted by Gasteiger charge is 2.31. The molecule has 0 unspecified atom stereocenters. The Kier molecular flexibility index (Phi) is 4.81. The van der Waals surface area contributed by atoms with E-state index in [0.717, 1.165) is 0 Å². The summed E-state index contributed by atoms with van der Waals surface area (Å²) < 4.78 is 83.3. The zero-order chi connectivity index (χ0) is 21.6. The molecule has 0 spiro atoms. The van der Waals surface area contributed by atoms with Crippen molar-refractivity contribution in [2.45, 2.75) is 13.5 Å². The monoisotopic (exact) mass is 422 g/mol. The van der Waals surface area contributed by atoms with Gasteiger partial charge < -0.3 is 13.9 Å². The first kappa shape index (κ1) is 19.7. The number of ketones is 1. The number of rotatable bonds is 4. The van der Waals surface area contributed by atoms with Gasteiger partial charge in [-0.15, -0.1) is 0 Å². The molecular formula is C21H11F5O4. The molecule has 0 saturated heterocycles. The minimum atomic E-state index is -2.25. The van der Waals surface area contributed by atoms with Gasteiger partial charge in [0.05, 0.1) is 17.4 Å². The Morgan fingerprint density at radius 1 is 1.00 bits per heavy atom. The number of hydrogen-bond acceptors (Lipinski definition) is 4. The van der Waals surface area contributed by atoms with E-state index < -0.39 is 47.0 Å². The molecule has 0 N–H and O–H groups in total. The second kappa shape index (κ2) is 7.33. The molecule has 1 aromatic heterocycles. The van der Waals surface area contributed by atoms with E-state index >= 15 is 0 Å². The van der Waals surface area contributed by atoms with Gasteiger partial charge in [-0.2, -0.15) is 0 Å². The van der Waals surface area contributed by atoms with Crippen molar-refractivity contribution in [1.82, 2.24) is 0 Å². The number of benzene rings is 2. The average Bonchev–Trinajstić information content (AvgIpc) is 3.33. The summed E-state index contributed by atoms with van der Waals surface area (Å²) in [5.74, 6) is -10.2. The molecule has 0 bridgehead atoms. The van der Waals surface area contributed by atoms with Crippen LogP contribution >= 0.6 is 0 Å². The van der Waals surface area contributed by atoms with Crippen molar-refractivity contribution >= 4 is 11.9 Å². The fraction of sp³-hybridized carbons (Fsp3) is 0.0952. The zero-order valence-electron chi connectivity index (χ0n) is 15.2. The molecular weight excluding hydrogens is 411 g/mol. The molecule has 0 radical (unpaired) electrons. The van der Waals surface area contributed by atoms with E-state index in [-0.39, 0.29) is 22.8 Å². The molecule has 154 valence electrons. The van der Waals surface area contributed by atoms with Crippen LogP contribution in [-0.4, -0.2) is 5.78 Å². The van der Waals surface area contributed by atoms with Gasteiger partial charge in [-0.05, 0) is 30.7 Å². The Morgan fingerprint density at radius 2 is 1.67 bits per heavy atom. The molecule has 3 aromatic rings. The zero-order valence-corrected chi connectivity index (χ0v) is 15.2. The van der Waals surface area contributed by atoms with E-state index in [4.69, 9.17) is 13.9 Å². The first-order chi connectivity index (χ1) is 14.3. The molecule has 2 aromatic carbocycles. The van der Waals surface area contributed by atoms with Crippen LogP contribution in [0.15, 0.2) is 40.7 Å². The van der Waals surface area contributed by atoms with Gasteiger partial charge in [-0.1, -0.05) is 0 Å². The lowest BCUT2D eigenvalue weighted by atomic mass is 10.0. The molecule has 1 aliphatic rings. The summed E-state index contributed by atoms with van der Waals surface area (Å²) >= 11 is 0. The van der Waals surface area contributed by atoms with Gasteiger partial charge in [0.15, 0.2) is 29.0 Å². The lowest BCUT2D eigenvalue weighted by molar-refractivity contribution is 0.101. The number of hydrogen-bond donors (Lipinski definition) is 0. The number of Topliss-reactive ketones (excluding diaryl/α,β-unsaturated/α-hetero) is 1. The van der Waals surface area contributed by atoms with Crippen LogP contribution in [0.3, 0.4) is 0 Å². The van der Waals surface area contributed by atoms with Crippen molar-refractivity contribution in [2.24, 2.45) is 0 Å². The quantitative estimate of drug-likeness (QED) is 0.242. The Balaban J connectivity index is 1.61. The normalized spacial score (nSPS) is 14.2. The highest BCUT2D eigenvalue weighted by atomic mass is 19.2. The second-order valence-electron chi connectivity index (χ2n) is 6.41. The summed E-state index contributed by atoms with van der Waals surface area (Å²) in [5, 5.41) is 0. The van der Waals surface area contributed by atoms with Gasteiger partial charge in [-0.25, -0.2) is 22.0 Å². The second-order valence-corrected chi connectivity index (χ2v) is 6.41. The van der Waals surface area contributed by atoms with Crippen molar-refractivity contribution < 1.29 is 40.6 Å². The molecule has 30 heavy (non-hydrogen) atoms. The number of aryl methyl sites for hydroxylation is 1. The minimum Gasteiger partial charge on any atom is -0.489 e. The van der Waals surface area contributed by atoms with Crippen molar-refractivity contribution in [1.29, 1.82) is 0 Å². The molecule has 0 atom stereocenters. The number of carbonyl (C=O) groups excluding carboxylic acids is 1. The maximum atomic E-state index is 13.8. The van der Waals surface area contributed by atoms with Crippen LogP contribution in [0, 0.1) is 36.0 Å². The van der Waals surface area contributed by atoms with Gasteiger partial charge in [0.2, 0.25) is 11.6 Å². The lowest BCUT2D eigenvalue weighted by Crippen LogP contribution is -2.10. The molecule has 0 saturated carbocycles. The molecule has 4 rings (SSSR count). The molecule has 9 heteroatoms. The minimum absolute atomic E-state index is 0.0000318. The number of ether oxygens (including phenoxy) is 2. The third-order valence-electron chi connectivity index (χ3n) is 4.44. The van der Waals surface area contributed by atoms with Crippen LogP contribution in [-0.2, 0) is 6.61 Å². The maximum Gasteiger partial charge on any atom is 0.232 e. The van der Waals surface area contributed by atoms with Gasteiger partial charge >= 0.3 is 0 Å². The molecule has 4 nitrogen and oxygen atoms in total. The predicted molar refractivity (Wildman–Crippen MR) is 93.4 cm³/mol. The molecule has 0 amide bonds. The smallest absolute Gasteiger partial charge is 0.232 e. The Bertz CT molecular complexity index is 1170. The highest BCUT2D eigenvalue weighted by molar-refractivity contribution is 6.15. The number of carbonyl (C=O) groups is 1. The van der Waals surface area contributed by atoms with Crippen LogP contribution in [0.25, 0.3) is 6.08 Å². The Labute approximate surface area is 166 Å². The van der Waals surface area contributed by atoms with E-state index in [1.165, 1.54) is 24.5 Å². The van der Waals surface area contributed by atoms with Crippen LogP contribution in [0.4, 0.5) is 22.0 Å². The third-order valence-corrected chi connectivity index (χ3v) is 4.44. The summed E-state index contributed by atoms with van der Waals surface area (Å²) in [7, 11) is 0. The van der Waals surface area contributed by atoms with Crippen molar-refractivity contribution in [3.8, 4) is 11.5 Å². The van der Waals surface area contributed by atoms with Crippen LogP contribution < -0.4 is 9.47 Å². The fourth-order valence-electron chi connectivity index (χ4n) is 3.00. The number of fused-ring (bicyclic) bond motifs is 1. The topological polar surface area (TPSA) is 48.7 Å². The Morgan fingerprint density at radius 3 is 2.30 bits per heavy atom. The van der Waals surface area contributed by atoms with E-state index in [1.807, 2.05) is 0 Å². The Hall–Kier alpha value is -3.62. The average molecular weight is 422 g/mol. The summed E-state index contributed by atoms with van der Waals surface area (Å²) in [4.78, 5) is 12.5. The predicted octanol–water partition coefficient (Wildman–Crippen LogP) is 5.48. The summed E-state index contributed by atoms with van der Waals surface area (Å²) in [5.41, 5.74) is -0.413. The van der Waals surface area contributed by atoms with Crippen molar-refractivity contribution in [3.63, 3.8) is 0 Å². The van der Waals surface area contributed by atoms with Gasteiger partial charge in [0, 0.05) is 12.1 Å². The van der Waals surface area contributed by atoms with Gasteiger partial charge in [0.25, 0.3) is 0 Å². The van der Waals surface area contributed by atoms with Crippen LogP contribution in [0.2, 0.25) is 0 Å². The fourth-order valence-corrected chi connectivity index (χ4v) is 3.00. The molecule has 0 fully saturated rings. The number of furan rings is 1. The number of halogens is 5. The van der Waals surface area contributed by atoms with Gasteiger partial charge in [-0.3, -0.25) is 4.79 Å². The lowest BCUT2D eigenvalue weighted by Gasteiger charge is -2.11. The molecule has 0 aliphatic carbocycles. The molecule has 1 aliphatic heterocycles. The van der Waals surface area contributed by atoms with Gasteiger partial charge in [0.1, 0.15) is 23.9 Å². The first-order valence-corrected chi connectivity index (χ1v) is 8.53. The SMILES string of the molecule is Cc1cc(OCc2c(F)c(F)c(F)c(F)c2F)cc2c1C(=O)/C(=C/c1ccco1)O2. The summed E-state index contributed by atoms with van der Waals surface area (Å²) in [6.07, 6.45) is 2.83. The van der Waals surface area contributed by atoms with E-state index in [2.05, 4.69) is 0 Å². The van der Waals surface area contributed by atoms with Crippen molar-refractivity contribution in [2.75, 3.05) is 0 Å². The largest absolute Gasteiger partial charge is 0.489 e. The van der Waals surface area contributed by atoms with Crippen LogP contribution in [0.5, 0.6) is 11.5 Å². The first-order valence-electron chi connectivity index (χ1n) is 8.53. The highest BCUT2D eigenvalue weighted by Crippen LogP contribution is 2.38. The summed E-state index contributed by atoms with van der Waals surface area (Å²) in [6, 6.07) is 5.94. The number of allylic oxidation sites excluding steroid dienone is 1. The molecule has 2 heterocycles. The maximum absolute atomic E-state index is 13.8. The van der Waals surface area contributed by atoms with Crippen molar-refractivity contribution in [3.05, 3.63) is 87.8 Å². The van der Waals surface area contributed by atoms with E-state index in [9.17, 15) is 26.7 Å². The standard InChI is InChI=1S/C21H11F5O4/c1-9-5-11(29-8-12-16(22)18(24)20(26)19(25)17(12)23)7-13-15(9)21(27)14(30-13)6-10-3-2-4-28-10/h2-7H,8H2,1H3/b14-6-. The van der Waals surface area contributed by atoms with E-state index in [1.54, 1.807) is 19.1 Å². The summed E-state index contributed by atoms with van der Waals surface area (Å²) in [6.45, 7) is 0.661.